The molecule has 15 heavy (non-hydrogen) atoms. The molecule has 2 heterocycles. The summed E-state index contributed by atoms with van der Waals surface area (Å²) in [6.45, 7) is 1.05. The maximum atomic E-state index is 6.14. The molecule has 1 aliphatic heterocycles. The zero-order chi connectivity index (χ0) is 10.7. The first-order chi connectivity index (χ1) is 7.27. The predicted octanol–water partition coefficient (Wildman–Crippen LogP) is 2.51. The minimum Gasteiger partial charge on any atom is -0.355 e. The average Bonchev–Trinajstić information content (AvgIpc) is 2.44. The molecule has 0 aliphatic carbocycles. The van der Waals surface area contributed by atoms with Gasteiger partial charge in [-0.05, 0) is 47.3 Å². The second-order valence-electron chi connectivity index (χ2n) is 3.95. The molecule has 1 saturated heterocycles. The SMILES string of the molecule is NC1CCCCCN1c1ccc(Br)nc1. The van der Waals surface area contributed by atoms with Crippen LogP contribution in [0.4, 0.5) is 5.69 Å². The molecule has 0 aromatic carbocycles. The largest absolute Gasteiger partial charge is 0.355 e. The number of nitrogens with two attached hydrogens (primary N) is 1. The zero-order valence-corrected chi connectivity index (χ0v) is 10.3. The van der Waals surface area contributed by atoms with E-state index in [1.54, 1.807) is 0 Å². The average molecular weight is 270 g/mol. The smallest absolute Gasteiger partial charge is 0.106 e. The highest BCUT2D eigenvalue weighted by atomic mass is 79.9. The van der Waals surface area contributed by atoms with Gasteiger partial charge < -0.3 is 10.6 Å². The van der Waals surface area contributed by atoms with Crippen LogP contribution in [0.1, 0.15) is 25.7 Å². The first-order valence-corrected chi connectivity index (χ1v) is 6.20. The van der Waals surface area contributed by atoms with Crippen molar-refractivity contribution in [3.8, 4) is 0 Å². The van der Waals surface area contributed by atoms with Crippen molar-refractivity contribution in [3.63, 3.8) is 0 Å². The van der Waals surface area contributed by atoms with Crippen LogP contribution in [0.3, 0.4) is 0 Å². The molecule has 2 rings (SSSR count). The van der Waals surface area contributed by atoms with Crippen molar-refractivity contribution in [3.05, 3.63) is 22.9 Å². The maximum Gasteiger partial charge on any atom is 0.106 e. The molecular weight excluding hydrogens is 254 g/mol. The van der Waals surface area contributed by atoms with Gasteiger partial charge in [-0.3, -0.25) is 0 Å². The fourth-order valence-corrected chi connectivity index (χ4v) is 2.23. The lowest BCUT2D eigenvalue weighted by Gasteiger charge is -2.28. The molecule has 0 bridgehead atoms. The van der Waals surface area contributed by atoms with E-state index >= 15 is 0 Å². The Morgan fingerprint density at radius 2 is 2.20 bits per heavy atom. The second-order valence-corrected chi connectivity index (χ2v) is 4.76. The standard InChI is InChI=1S/C11H16BrN3/c12-10-6-5-9(8-14-10)15-7-3-1-2-4-11(15)13/h5-6,8,11H,1-4,7,13H2. The molecule has 1 unspecified atom stereocenters. The Morgan fingerprint density at radius 1 is 1.33 bits per heavy atom. The summed E-state index contributed by atoms with van der Waals surface area (Å²) in [6.07, 6.45) is 6.86. The predicted molar refractivity (Wildman–Crippen MR) is 65.7 cm³/mol. The third-order valence-corrected chi connectivity index (χ3v) is 3.31. The highest BCUT2D eigenvalue weighted by Gasteiger charge is 2.17. The molecule has 0 amide bonds. The summed E-state index contributed by atoms with van der Waals surface area (Å²) < 4.78 is 0.870. The van der Waals surface area contributed by atoms with E-state index in [1.165, 1.54) is 19.3 Å². The number of aromatic nitrogens is 1. The minimum atomic E-state index is 0.149. The van der Waals surface area contributed by atoms with Crippen LogP contribution in [0.2, 0.25) is 0 Å². The van der Waals surface area contributed by atoms with Gasteiger partial charge in [0.05, 0.1) is 18.1 Å². The molecule has 1 aliphatic rings. The Bertz CT molecular complexity index is 312. The van der Waals surface area contributed by atoms with Crippen molar-refractivity contribution in [2.24, 2.45) is 5.73 Å². The highest BCUT2D eigenvalue weighted by Crippen LogP contribution is 2.22. The lowest BCUT2D eigenvalue weighted by molar-refractivity contribution is 0.592. The number of nitrogens with zero attached hydrogens (tertiary/aromatic N) is 2. The minimum absolute atomic E-state index is 0.149. The number of anilines is 1. The van der Waals surface area contributed by atoms with E-state index < -0.39 is 0 Å². The summed E-state index contributed by atoms with van der Waals surface area (Å²) in [5, 5.41) is 0. The van der Waals surface area contributed by atoms with Gasteiger partial charge in [-0.1, -0.05) is 6.42 Å². The summed E-state index contributed by atoms with van der Waals surface area (Å²) in [7, 11) is 0. The summed E-state index contributed by atoms with van der Waals surface area (Å²) >= 11 is 3.34. The van der Waals surface area contributed by atoms with Crippen LogP contribution < -0.4 is 10.6 Å². The van der Waals surface area contributed by atoms with Gasteiger partial charge in [0.2, 0.25) is 0 Å². The first kappa shape index (κ1) is 10.9. The van der Waals surface area contributed by atoms with Crippen molar-refractivity contribution in [2.75, 3.05) is 11.4 Å². The second kappa shape index (κ2) is 4.94. The topological polar surface area (TPSA) is 42.1 Å². The molecule has 0 spiro atoms. The lowest BCUT2D eigenvalue weighted by atomic mass is 10.2. The Kier molecular flexibility index (Phi) is 3.59. The van der Waals surface area contributed by atoms with Crippen LogP contribution in [-0.2, 0) is 0 Å². The molecule has 1 aromatic rings. The van der Waals surface area contributed by atoms with Crippen LogP contribution in [-0.4, -0.2) is 17.7 Å². The van der Waals surface area contributed by atoms with Gasteiger partial charge in [-0.25, -0.2) is 4.98 Å². The number of pyridine rings is 1. The fourth-order valence-electron chi connectivity index (χ4n) is 1.99. The van der Waals surface area contributed by atoms with E-state index in [0.29, 0.717) is 0 Å². The molecule has 4 heteroatoms. The van der Waals surface area contributed by atoms with E-state index in [-0.39, 0.29) is 6.17 Å². The highest BCUT2D eigenvalue weighted by molar-refractivity contribution is 9.10. The molecule has 2 N–H and O–H groups in total. The number of hydrogen-bond donors (Lipinski definition) is 1. The molecule has 0 radical (unpaired) electrons. The number of rotatable bonds is 1. The zero-order valence-electron chi connectivity index (χ0n) is 8.69. The summed E-state index contributed by atoms with van der Waals surface area (Å²) in [5.41, 5.74) is 7.27. The summed E-state index contributed by atoms with van der Waals surface area (Å²) in [5.74, 6) is 0. The van der Waals surface area contributed by atoms with Crippen LogP contribution in [0.25, 0.3) is 0 Å². The van der Waals surface area contributed by atoms with Crippen molar-refractivity contribution >= 4 is 21.6 Å². The third-order valence-electron chi connectivity index (χ3n) is 2.84. The van der Waals surface area contributed by atoms with Gasteiger partial charge in [0.15, 0.2) is 0 Å². The van der Waals surface area contributed by atoms with E-state index in [4.69, 9.17) is 5.73 Å². The lowest BCUT2D eigenvalue weighted by Crippen LogP contribution is -2.41. The van der Waals surface area contributed by atoms with Crippen LogP contribution in [0.5, 0.6) is 0 Å². The van der Waals surface area contributed by atoms with Crippen molar-refractivity contribution in [2.45, 2.75) is 31.8 Å². The van der Waals surface area contributed by atoms with Crippen LogP contribution in [0, 0.1) is 0 Å². The fraction of sp³-hybridized carbons (Fsp3) is 0.545. The number of halogens is 1. The van der Waals surface area contributed by atoms with Crippen molar-refractivity contribution in [1.82, 2.24) is 4.98 Å². The first-order valence-electron chi connectivity index (χ1n) is 5.41. The molecule has 1 atom stereocenters. The van der Waals surface area contributed by atoms with E-state index in [1.807, 2.05) is 12.3 Å². The Hall–Kier alpha value is -0.610. The molecular formula is C11H16BrN3. The van der Waals surface area contributed by atoms with Gasteiger partial charge in [-0.15, -0.1) is 0 Å². The normalized spacial score (nSPS) is 22.5. The third kappa shape index (κ3) is 2.69. The van der Waals surface area contributed by atoms with E-state index in [2.05, 4.69) is 31.9 Å². The van der Waals surface area contributed by atoms with Gasteiger partial charge in [0.25, 0.3) is 0 Å². The molecule has 1 fully saturated rings. The van der Waals surface area contributed by atoms with Crippen molar-refractivity contribution < 1.29 is 0 Å². The Labute approximate surface area is 98.8 Å². The van der Waals surface area contributed by atoms with E-state index in [0.717, 1.165) is 23.3 Å². The Balaban J connectivity index is 2.16. The van der Waals surface area contributed by atoms with Crippen molar-refractivity contribution in [1.29, 1.82) is 0 Å². The molecule has 82 valence electrons. The summed E-state index contributed by atoms with van der Waals surface area (Å²) in [6, 6.07) is 4.04. The molecule has 1 aromatic heterocycles. The molecule has 3 nitrogen and oxygen atoms in total. The maximum absolute atomic E-state index is 6.14. The van der Waals surface area contributed by atoms with Gasteiger partial charge in [0.1, 0.15) is 4.60 Å². The Morgan fingerprint density at radius 3 is 2.93 bits per heavy atom. The van der Waals surface area contributed by atoms with Gasteiger partial charge >= 0.3 is 0 Å². The quantitative estimate of drug-likeness (QED) is 0.797. The van der Waals surface area contributed by atoms with Gasteiger partial charge in [-0.2, -0.15) is 0 Å². The van der Waals surface area contributed by atoms with Gasteiger partial charge in [0, 0.05) is 6.54 Å². The summed E-state index contributed by atoms with van der Waals surface area (Å²) in [4.78, 5) is 6.50. The van der Waals surface area contributed by atoms with E-state index in [9.17, 15) is 0 Å². The van der Waals surface area contributed by atoms with Crippen LogP contribution >= 0.6 is 15.9 Å². The van der Waals surface area contributed by atoms with Crippen LogP contribution in [0.15, 0.2) is 22.9 Å². The number of hydrogen-bond acceptors (Lipinski definition) is 3. The molecule has 0 saturated carbocycles. The monoisotopic (exact) mass is 269 g/mol.